The van der Waals surface area contributed by atoms with Crippen LogP contribution in [0.25, 0.3) is 22.0 Å². The quantitative estimate of drug-likeness (QED) is 0.466. The fourth-order valence-electron chi connectivity index (χ4n) is 3.68. The van der Waals surface area contributed by atoms with Crippen molar-refractivity contribution in [2.45, 2.75) is 20.3 Å². The number of esters is 1. The van der Waals surface area contributed by atoms with Crippen molar-refractivity contribution < 1.29 is 14.3 Å². The molecule has 3 N–H and O–H groups in total. The van der Waals surface area contributed by atoms with E-state index in [0.29, 0.717) is 29.1 Å². The number of aryl methyl sites for hydroxylation is 1. The number of aromatic nitrogens is 3. The van der Waals surface area contributed by atoms with E-state index in [2.05, 4.69) is 26.8 Å². The minimum absolute atomic E-state index is 0.144. The molecule has 3 aromatic heterocycles. The van der Waals surface area contributed by atoms with E-state index in [0.717, 1.165) is 16.5 Å². The van der Waals surface area contributed by atoms with Crippen LogP contribution in [0.2, 0.25) is 0 Å². The molecule has 1 amide bonds. The van der Waals surface area contributed by atoms with E-state index < -0.39 is 5.41 Å². The Labute approximate surface area is 179 Å². The van der Waals surface area contributed by atoms with Crippen LogP contribution in [-0.4, -0.2) is 33.4 Å². The van der Waals surface area contributed by atoms with Crippen molar-refractivity contribution in [3.63, 3.8) is 0 Å². The molecular weight excluding hydrogens is 394 g/mol. The van der Waals surface area contributed by atoms with Gasteiger partial charge in [-0.2, -0.15) is 0 Å². The summed E-state index contributed by atoms with van der Waals surface area (Å²) in [6.45, 7) is 7.26. The number of hydrogen-bond acceptors (Lipinski definition) is 7. The van der Waals surface area contributed by atoms with Gasteiger partial charge >= 0.3 is 5.97 Å². The van der Waals surface area contributed by atoms with Crippen LogP contribution in [0.5, 0.6) is 0 Å². The van der Waals surface area contributed by atoms with Gasteiger partial charge in [0.15, 0.2) is 0 Å². The van der Waals surface area contributed by atoms with Crippen molar-refractivity contribution in [1.29, 1.82) is 0 Å². The number of rotatable bonds is 6. The Bertz CT molecular complexity index is 1210. The maximum absolute atomic E-state index is 12.7. The lowest BCUT2D eigenvalue weighted by Gasteiger charge is -2.13. The van der Waals surface area contributed by atoms with Crippen molar-refractivity contribution in [2.75, 3.05) is 17.7 Å². The van der Waals surface area contributed by atoms with Gasteiger partial charge < -0.3 is 15.8 Å². The minimum Gasteiger partial charge on any atom is -0.465 e. The van der Waals surface area contributed by atoms with Gasteiger partial charge in [0.2, 0.25) is 5.91 Å². The second kappa shape index (κ2) is 7.79. The van der Waals surface area contributed by atoms with Crippen LogP contribution in [0, 0.1) is 18.3 Å². The standard InChI is InChI=1S/C23H23N5O3/c1-4-23(12-31-14(3)29)9-18(23)22(30)28-20-8-15-7-19(16-10-25-6-5-13(16)2)27-21(24)17(15)11-26-20/h4-8,10-11,18H,1,9,12H2,2-3H3,(H2,24,27)(H,26,28,30)/t18-,23+/m1/s1. The maximum atomic E-state index is 12.7. The van der Waals surface area contributed by atoms with E-state index >= 15 is 0 Å². The topological polar surface area (TPSA) is 120 Å². The van der Waals surface area contributed by atoms with Crippen LogP contribution < -0.4 is 11.1 Å². The molecule has 4 rings (SSSR count). The molecule has 0 spiro atoms. The molecule has 3 heterocycles. The van der Waals surface area contributed by atoms with Crippen molar-refractivity contribution in [3.05, 3.63) is 55.0 Å². The lowest BCUT2D eigenvalue weighted by atomic mass is 10.0. The molecule has 1 aliphatic carbocycles. The summed E-state index contributed by atoms with van der Waals surface area (Å²) in [4.78, 5) is 36.8. The fourth-order valence-corrected chi connectivity index (χ4v) is 3.68. The van der Waals surface area contributed by atoms with Crippen LogP contribution in [0.4, 0.5) is 11.6 Å². The summed E-state index contributed by atoms with van der Waals surface area (Å²) in [6, 6.07) is 5.58. The van der Waals surface area contributed by atoms with Crippen molar-refractivity contribution in [2.24, 2.45) is 11.3 Å². The summed E-state index contributed by atoms with van der Waals surface area (Å²) >= 11 is 0. The second-order valence-corrected chi connectivity index (χ2v) is 7.84. The Morgan fingerprint density at radius 1 is 1.39 bits per heavy atom. The average Bonchev–Trinajstić information content (AvgIpc) is 3.48. The molecule has 3 aromatic rings. The molecule has 1 saturated carbocycles. The molecule has 8 nitrogen and oxygen atoms in total. The number of hydrogen-bond donors (Lipinski definition) is 2. The number of nitrogens with one attached hydrogen (secondary N) is 1. The minimum atomic E-state index is -0.522. The van der Waals surface area contributed by atoms with Crippen molar-refractivity contribution >= 4 is 34.3 Å². The zero-order valence-corrected chi connectivity index (χ0v) is 17.4. The number of carbonyl (C=O) groups excluding carboxylic acids is 2. The smallest absolute Gasteiger partial charge is 0.302 e. The molecule has 0 unspecified atom stereocenters. The third kappa shape index (κ3) is 3.96. The molecule has 158 valence electrons. The van der Waals surface area contributed by atoms with Gasteiger partial charge in [-0.1, -0.05) is 6.08 Å². The Morgan fingerprint density at radius 2 is 2.19 bits per heavy atom. The number of fused-ring (bicyclic) bond motifs is 1. The van der Waals surface area contributed by atoms with E-state index in [1.54, 1.807) is 30.7 Å². The first kappa shape index (κ1) is 20.5. The number of nitrogens with two attached hydrogens (primary N) is 1. The Hall–Kier alpha value is -3.81. The first-order valence-corrected chi connectivity index (χ1v) is 9.88. The molecule has 31 heavy (non-hydrogen) atoms. The summed E-state index contributed by atoms with van der Waals surface area (Å²) in [5, 5.41) is 4.36. The summed E-state index contributed by atoms with van der Waals surface area (Å²) in [5.41, 5.74) is 8.25. The molecular formula is C23H23N5O3. The van der Waals surface area contributed by atoms with Gasteiger partial charge in [0.1, 0.15) is 18.2 Å². The van der Waals surface area contributed by atoms with E-state index in [4.69, 9.17) is 10.5 Å². The van der Waals surface area contributed by atoms with Crippen LogP contribution >= 0.6 is 0 Å². The number of pyridine rings is 3. The predicted octanol–water partition coefficient (Wildman–Crippen LogP) is 3.28. The number of nitrogen functional groups attached to an aromatic ring is 1. The summed E-state index contributed by atoms with van der Waals surface area (Å²) in [6.07, 6.45) is 7.33. The molecule has 0 radical (unpaired) electrons. The van der Waals surface area contributed by atoms with E-state index in [1.807, 2.05) is 19.1 Å². The number of carbonyl (C=O) groups is 2. The van der Waals surface area contributed by atoms with Gasteiger partial charge in [0.05, 0.1) is 11.6 Å². The Kier molecular flexibility index (Phi) is 5.14. The third-order valence-electron chi connectivity index (χ3n) is 5.70. The monoisotopic (exact) mass is 417 g/mol. The van der Waals surface area contributed by atoms with E-state index in [1.165, 1.54) is 6.92 Å². The third-order valence-corrected chi connectivity index (χ3v) is 5.70. The predicted molar refractivity (Wildman–Crippen MR) is 118 cm³/mol. The van der Waals surface area contributed by atoms with Crippen LogP contribution in [0.3, 0.4) is 0 Å². The van der Waals surface area contributed by atoms with E-state index in [9.17, 15) is 9.59 Å². The molecule has 0 saturated heterocycles. The highest BCUT2D eigenvalue weighted by Crippen LogP contribution is 2.54. The van der Waals surface area contributed by atoms with Gasteiger partial charge in [-0.25, -0.2) is 9.97 Å². The van der Waals surface area contributed by atoms with Crippen LogP contribution in [-0.2, 0) is 14.3 Å². The second-order valence-electron chi connectivity index (χ2n) is 7.84. The summed E-state index contributed by atoms with van der Waals surface area (Å²) in [7, 11) is 0. The number of nitrogens with zero attached hydrogens (tertiary/aromatic N) is 3. The van der Waals surface area contributed by atoms with E-state index in [-0.39, 0.29) is 24.4 Å². The van der Waals surface area contributed by atoms with Gasteiger partial charge in [0, 0.05) is 41.9 Å². The zero-order valence-electron chi connectivity index (χ0n) is 17.4. The molecule has 0 aromatic carbocycles. The highest BCUT2D eigenvalue weighted by atomic mass is 16.5. The number of amides is 1. The van der Waals surface area contributed by atoms with Crippen molar-refractivity contribution in [1.82, 2.24) is 15.0 Å². The first-order valence-electron chi connectivity index (χ1n) is 9.88. The largest absolute Gasteiger partial charge is 0.465 e. The van der Waals surface area contributed by atoms with Crippen LogP contribution in [0.15, 0.2) is 49.4 Å². The molecule has 8 heteroatoms. The summed E-state index contributed by atoms with van der Waals surface area (Å²) in [5.74, 6) is -0.124. The zero-order chi connectivity index (χ0) is 22.2. The lowest BCUT2D eigenvalue weighted by Crippen LogP contribution is -2.22. The SMILES string of the molecule is C=C[C@@]1(COC(C)=O)C[C@@H]1C(=O)Nc1cc2cc(-c3cnccc3C)nc(N)c2cn1. The van der Waals surface area contributed by atoms with Gasteiger partial charge in [-0.05, 0) is 42.5 Å². The Balaban J connectivity index is 1.58. The van der Waals surface area contributed by atoms with Crippen LogP contribution in [0.1, 0.15) is 18.9 Å². The average molecular weight is 417 g/mol. The molecule has 1 fully saturated rings. The lowest BCUT2D eigenvalue weighted by molar-refractivity contribution is -0.142. The Morgan fingerprint density at radius 3 is 2.90 bits per heavy atom. The molecule has 2 atom stereocenters. The van der Waals surface area contributed by atoms with Gasteiger partial charge in [0.25, 0.3) is 0 Å². The molecule has 0 bridgehead atoms. The fraction of sp³-hybridized carbons (Fsp3) is 0.261. The van der Waals surface area contributed by atoms with Crippen molar-refractivity contribution in [3.8, 4) is 11.3 Å². The number of ether oxygens (including phenoxy) is 1. The summed E-state index contributed by atoms with van der Waals surface area (Å²) < 4.78 is 5.09. The van der Waals surface area contributed by atoms with Gasteiger partial charge in [-0.3, -0.25) is 14.6 Å². The maximum Gasteiger partial charge on any atom is 0.302 e. The number of anilines is 2. The highest BCUT2D eigenvalue weighted by Gasteiger charge is 2.57. The first-order chi connectivity index (χ1) is 14.8. The molecule has 0 aliphatic heterocycles. The highest BCUT2D eigenvalue weighted by molar-refractivity contribution is 5.99. The molecule has 1 aliphatic rings. The normalized spacial score (nSPS) is 19.6. The van der Waals surface area contributed by atoms with Gasteiger partial charge in [-0.15, -0.1) is 6.58 Å².